The fourth-order valence-corrected chi connectivity index (χ4v) is 3.51. The predicted molar refractivity (Wildman–Crippen MR) is 108 cm³/mol. The van der Waals surface area contributed by atoms with Crippen molar-refractivity contribution in [2.45, 2.75) is 38.8 Å². The second kappa shape index (κ2) is 7.98. The van der Waals surface area contributed by atoms with E-state index in [0.29, 0.717) is 11.5 Å². The van der Waals surface area contributed by atoms with Crippen LogP contribution in [-0.2, 0) is 9.59 Å². The number of β-amino-alcohol motifs (C(OH)–C–C–N with tert-alkyl or cyclic N) is 1. The summed E-state index contributed by atoms with van der Waals surface area (Å²) in [6.07, 6.45) is -0.799. The lowest BCUT2D eigenvalue weighted by atomic mass is 9.93. The average molecular weight is 379 g/mol. The van der Waals surface area contributed by atoms with Gasteiger partial charge in [0.05, 0.1) is 17.7 Å². The van der Waals surface area contributed by atoms with Gasteiger partial charge in [-0.15, -0.1) is 0 Å². The molecule has 1 fully saturated rings. The number of Topliss-reactive ketones (excluding diaryl/α,β-unsaturated/α-hetero) is 1. The van der Waals surface area contributed by atoms with Crippen LogP contribution >= 0.6 is 0 Å². The van der Waals surface area contributed by atoms with Crippen molar-refractivity contribution in [2.24, 2.45) is 0 Å². The summed E-state index contributed by atoms with van der Waals surface area (Å²) >= 11 is 0. The summed E-state index contributed by atoms with van der Waals surface area (Å²) < 4.78 is 0. The minimum atomic E-state index is -0.799. The van der Waals surface area contributed by atoms with E-state index in [0.717, 1.165) is 11.1 Å². The number of likely N-dealkylation sites (tertiary alicyclic amines) is 1. The molecule has 1 aliphatic heterocycles. The van der Waals surface area contributed by atoms with Crippen LogP contribution in [0.4, 0.5) is 0 Å². The van der Waals surface area contributed by atoms with Gasteiger partial charge in [0.25, 0.3) is 11.7 Å². The van der Waals surface area contributed by atoms with Crippen LogP contribution in [-0.4, -0.2) is 39.5 Å². The summed E-state index contributed by atoms with van der Waals surface area (Å²) in [5.74, 6) is -1.30. The zero-order valence-corrected chi connectivity index (χ0v) is 16.3. The highest BCUT2D eigenvalue weighted by molar-refractivity contribution is 6.46. The molecule has 2 atom stereocenters. The van der Waals surface area contributed by atoms with Crippen molar-refractivity contribution in [3.8, 4) is 0 Å². The van der Waals surface area contributed by atoms with Crippen LogP contribution in [0.5, 0.6) is 0 Å². The quantitative estimate of drug-likeness (QED) is 0.473. The number of aliphatic hydroxyl groups is 2. The van der Waals surface area contributed by atoms with Gasteiger partial charge in [-0.05, 0) is 24.0 Å². The molecular formula is C23H25NO4. The molecule has 3 rings (SSSR count). The van der Waals surface area contributed by atoms with Crippen molar-refractivity contribution in [3.05, 3.63) is 76.9 Å². The number of aliphatic hydroxyl groups excluding tert-OH is 2. The van der Waals surface area contributed by atoms with Crippen molar-refractivity contribution in [2.75, 3.05) is 6.54 Å². The molecule has 5 heteroatoms. The van der Waals surface area contributed by atoms with Crippen LogP contribution in [0, 0.1) is 0 Å². The minimum Gasteiger partial charge on any atom is -0.507 e. The first kappa shape index (κ1) is 19.8. The molecule has 0 spiro atoms. The van der Waals surface area contributed by atoms with Crippen molar-refractivity contribution < 1.29 is 19.8 Å². The van der Waals surface area contributed by atoms with E-state index in [4.69, 9.17) is 0 Å². The van der Waals surface area contributed by atoms with E-state index in [1.54, 1.807) is 31.2 Å². The van der Waals surface area contributed by atoms with Gasteiger partial charge in [-0.2, -0.15) is 0 Å². The molecule has 0 aliphatic carbocycles. The fraction of sp³-hybridized carbons (Fsp3) is 0.304. The maximum atomic E-state index is 12.8. The molecule has 2 N–H and O–H groups in total. The van der Waals surface area contributed by atoms with Gasteiger partial charge in [0.1, 0.15) is 5.76 Å². The Hall–Kier alpha value is -2.92. The van der Waals surface area contributed by atoms with Crippen molar-refractivity contribution >= 4 is 17.4 Å². The van der Waals surface area contributed by atoms with Crippen LogP contribution in [0.1, 0.15) is 49.4 Å². The number of ketones is 1. The second-order valence-corrected chi connectivity index (χ2v) is 7.49. The third-order valence-corrected chi connectivity index (χ3v) is 4.97. The number of carbonyl (C=O) groups excluding carboxylic acids is 2. The molecule has 1 aliphatic rings. The lowest BCUT2D eigenvalue weighted by Gasteiger charge is -2.26. The Morgan fingerprint density at radius 3 is 2.14 bits per heavy atom. The summed E-state index contributed by atoms with van der Waals surface area (Å²) in [6.45, 7) is 5.75. The largest absolute Gasteiger partial charge is 0.507 e. The third kappa shape index (κ3) is 3.71. The zero-order valence-electron chi connectivity index (χ0n) is 16.3. The summed E-state index contributed by atoms with van der Waals surface area (Å²) in [5.41, 5.74) is 2.39. The zero-order chi connectivity index (χ0) is 20.4. The number of carbonyl (C=O) groups is 2. The van der Waals surface area contributed by atoms with Crippen LogP contribution in [0.15, 0.2) is 60.2 Å². The molecular weight excluding hydrogens is 354 g/mol. The van der Waals surface area contributed by atoms with E-state index in [-0.39, 0.29) is 17.9 Å². The first-order valence-electron chi connectivity index (χ1n) is 9.43. The summed E-state index contributed by atoms with van der Waals surface area (Å²) in [4.78, 5) is 26.8. The van der Waals surface area contributed by atoms with E-state index in [9.17, 15) is 19.8 Å². The first-order valence-corrected chi connectivity index (χ1v) is 9.43. The summed E-state index contributed by atoms with van der Waals surface area (Å²) in [6, 6.07) is 15.6. The number of amides is 1. The minimum absolute atomic E-state index is 0.00669. The SMILES string of the molecule is CC(C)c1ccc([C@@H]2C(=C(O)c3ccccc3)C(=O)C(=O)N2C[C@@H](C)O)cc1. The molecule has 1 saturated heterocycles. The van der Waals surface area contributed by atoms with Crippen molar-refractivity contribution in [3.63, 3.8) is 0 Å². The maximum absolute atomic E-state index is 12.8. The Morgan fingerprint density at radius 1 is 1.00 bits per heavy atom. The van der Waals surface area contributed by atoms with Gasteiger partial charge >= 0.3 is 0 Å². The topological polar surface area (TPSA) is 77.8 Å². The van der Waals surface area contributed by atoms with Gasteiger partial charge in [-0.3, -0.25) is 9.59 Å². The highest BCUT2D eigenvalue weighted by atomic mass is 16.3. The maximum Gasteiger partial charge on any atom is 0.295 e. The lowest BCUT2D eigenvalue weighted by molar-refractivity contribution is -0.140. The van der Waals surface area contributed by atoms with Gasteiger partial charge in [0, 0.05) is 12.1 Å². The monoisotopic (exact) mass is 379 g/mol. The second-order valence-electron chi connectivity index (χ2n) is 7.49. The van der Waals surface area contributed by atoms with Gasteiger partial charge in [-0.1, -0.05) is 68.4 Å². The highest BCUT2D eigenvalue weighted by Gasteiger charge is 2.46. The number of benzene rings is 2. The van der Waals surface area contributed by atoms with Gasteiger partial charge in [-0.25, -0.2) is 0 Å². The van der Waals surface area contributed by atoms with Crippen molar-refractivity contribution in [1.82, 2.24) is 4.90 Å². The molecule has 2 aromatic carbocycles. The van der Waals surface area contributed by atoms with E-state index >= 15 is 0 Å². The molecule has 0 radical (unpaired) electrons. The van der Waals surface area contributed by atoms with Crippen LogP contribution in [0.2, 0.25) is 0 Å². The number of nitrogens with zero attached hydrogens (tertiary/aromatic N) is 1. The van der Waals surface area contributed by atoms with E-state index < -0.39 is 23.8 Å². The molecule has 1 heterocycles. The summed E-state index contributed by atoms with van der Waals surface area (Å²) in [5, 5.41) is 20.7. The van der Waals surface area contributed by atoms with Gasteiger partial charge < -0.3 is 15.1 Å². The highest BCUT2D eigenvalue weighted by Crippen LogP contribution is 2.39. The molecule has 0 bridgehead atoms. The molecule has 0 saturated carbocycles. The number of hydrogen-bond acceptors (Lipinski definition) is 4. The molecule has 0 aromatic heterocycles. The van der Waals surface area contributed by atoms with Crippen molar-refractivity contribution in [1.29, 1.82) is 0 Å². The van der Waals surface area contributed by atoms with Gasteiger partial charge in [0.15, 0.2) is 0 Å². The molecule has 5 nitrogen and oxygen atoms in total. The lowest BCUT2D eigenvalue weighted by Crippen LogP contribution is -2.35. The smallest absolute Gasteiger partial charge is 0.295 e. The predicted octanol–water partition coefficient (Wildman–Crippen LogP) is 3.61. The van der Waals surface area contributed by atoms with Crippen LogP contribution < -0.4 is 0 Å². The first-order chi connectivity index (χ1) is 13.3. The van der Waals surface area contributed by atoms with Gasteiger partial charge in [0.2, 0.25) is 0 Å². The Kier molecular flexibility index (Phi) is 5.66. The normalized spacial score (nSPS) is 20.0. The number of hydrogen-bond donors (Lipinski definition) is 2. The Bertz CT molecular complexity index is 898. The number of rotatable bonds is 5. The van der Waals surface area contributed by atoms with Crippen LogP contribution in [0.3, 0.4) is 0 Å². The third-order valence-electron chi connectivity index (χ3n) is 4.97. The Balaban J connectivity index is 2.15. The molecule has 2 aromatic rings. The average Bonchev–Trinajstić information content (AvgIpc) is 2.92. The van der Waals surface area contributed by atoms with E-state index in [1.165, 1.54) is 4.90 Å². The molecule has 146 valence electrons. The van der Waals surface area contributed by atoms with E-state index in [1.807, 2.05) is 30.3 Å². The molecule has 1 amide bonds. The Morgan fingerprint density at radius 2 is 1.61 bits per heavy atom. The standard InChI is InChI=1S/C23H25NO4/c1-14(2)16-9-11-17(12-10-16)20-19(21(26)18-7-5-4-6-8-18)22(27)23(28)24(20)13-15(3)25/h4-12,14-15,20,25-26H,13H2,1-3H3/t15-,20-/m1/s1. The molecule has 0 unspecified atom stereocenters. The van der Waals surface area contributed by atoms with E-state index in [2.05, 4.69) is 13.8 Å². The Labute approximate surface area is 164 Å². The summed E-state index contributed by atoms with van der Waals surface area (Å²) in [7, 11) is 0. The molecule has 28 heavy (non-hydrogen) atoms. The fourth-order valence-electron chi connectivity index (χ4n) is 3.51. The van der Waals surface area contributed by atoms with Crippen LogP contribution in [0.25, 0.3) is 5.76 Å².